The van der Waals surface area contributed by atoms with Crippen LogP contribution in [0.4, 0.5) is 5.69 Å². The zero-order valence-electron chi connectivity index (χ0n) is 14.9. The maximum Gasteiger partial charge on any atom is 0.243 e. The molecule has 0 unspecified atom stereocenters. The van der Waals surface area contributed by atoms with Gasteiger partial charge < -0.3 is 10.1 Å². The second-order valence-electron chi connectivity index (χ2n) is 6.19. The van der Waals surface area contributed by atoms with E-state index >= 15 is 0 Å². The van der Waals surface area contributed by atoms with Crippen molar-refractivity contribution in [2.24, 2.45) is 0 Å². The number of ether oxygens (including phenoxy) is 1. The highest BCUT2D eigenvalue weighted by molar-refractivity contribution is 7.89. The van der Waals surface area contributed by atoms with Crippen molar-refractivity contribution in [2.75, 3.05) is 31.6 Å². The van der Waals surface area contributed by atoms with Crippen LogP contribution in [-0.4, -0.2) is 44.9 Å². The number of nitrogens with one attached hydrogen (secondary N) is 1. The molecule has 1 heterocycles. The van der Waals surface area contributed by atoms with Crippen LogP contribution in [0.5, 0.6) is 0 Å². The number of carbonyl (C=O) groups excluding carboxylic acids is 1. The Morgan fingerprint density at radius 2 is 1.76 bits per heavy atom. The number of anilines is 1. The Bertz CT molecular complexity index is 636. The highest BCUT2D eigenvalue weighted by atomic mass is 32.2. The minimum absolute atomic E-state index is 0.0946. The third-order valence-electron chi connectivity index (χ3n) is 4.24. The van der Waals surface area contributed by atoms with Crippen molar-refractivity contribution in [1.29, 1.82) is 0 Å². The first-order chi connectivity index (χ1) is 12.0. The van der Waals surface area contributed by atoms with E-state index in [9.17, 15) is 13.2 Å². The first-order valence-electron chi connectivity index (χ1n) is 9.02. The monoisotopic (exact) mass is 368 g/mol. The summed E-state index contributed by atoms with van der Waals surface area (Å²) in [5.74, 6) is -0.0946. The number of sulfonamides is 1. The van der Waals surface area contributed by atoms with Crippen LogP contribution in [0, 0.1) is 0 Å². The molecule has 1 aliphatic rings. The van der Waals surface area contributed by atoms with E-state index in [4.69, 9.17) is 4.74 Å². The summed E-state index contributed by atoms with van der Waals surface area (Å²) in [6.45, 7) is 4.30. The molecule has 1 aromatic carbocycles. The minimum Gasteiger partial charge on any atom is -0.382 e. The summed E-state index contributed by atoms with van der Waals surface area (Å²) in [6, 6.07) is 6.42. The maximum atomic E-state index is 12.7. The van der Waals surface area contributed by atoms with Gasteiger partial charge in [-0.15, -0.1) is 0 Å². The smallest absolute Gasteiger partial charge is 0.243 e. The fourth-order valence-corrected chi connectivity index (χ4v) is 4.36. The van der Waals surface area contributed by atoms with Gasteiger partial charge in [0.15, 0.2) is 0 Å². The van der Waals surface area contributed by atoms with E-state index in [1.54, 1.807) is 28.6 Å². The Balaban J connectivity index is 1.93. The topological polar surface area (TPSA) is 75.7 Å². The number of rotatable bonds is 8. The second-order valence-corrected chi connectivity index (χ2v) is 8.13. The zero-order chi connectivity index (χ0) is 18.1. The van der Waals surface area contributed by atoms with Crippen molar-refractivity contribution in [2.45, 2.75) is 50.3 Å². The van der Waals surface area contributed by atoms with E-state index in [0.717, 1.165) is 25.7 Å². The predicted molar refractivity (Wildman–Crippen MR) is 98.0 cm³/mol. The molecule has 0 aromatic heterocycles. The van der Waals surface area contributed by atoms with Crippen LogP contribution in [0.15, 0.2) is 29.2 Å². The SMILES string of the molecule is CCOCCCC(=O)Nc1ccc(S(=O)(=O)N2CCCCCC2)cc1. The quantitative estimate of drug-likeness (QED) is 0.716. The normalized spacial score (nSPS) is 16.4. The molecule has 0 bridgehead atoms. The van der Waals surface area contributed by atoms with Crippen LogP contribution in [0.25, 0.3) is 0 Å². The van der Waals surface area contributed by atoms with Gasteiger partial charge >= 0.3 is 0 Å². The maximum absolute atomic E-state index is 12.7. The van der Waals surface area contributed by atoms with Gasteiger partial charge in [0.1, 0.15) is 0 Å². The molecule has 1 aliphatic heterocycles. The molecule has 1 N–H and O–H groups in total. The third-order valence-corrected chi connectivity index (χ3v) is 6.15. The number of carbonyl (C=O) groups is 1. The van der Waals surface area contributed by atoms with Gasteiger partial charge in [0.05, 0.1) is 4.90 Å². The molecule has 1 saturated heterocycles. The Hall–Kier alpha value is -1.44. The summed E-state index contributed by atoms with van der Waals surface area (Å²) < 4.78 is 32.2. The number of hydrogen-bond donors (Lipinski definition) is 1. The lowest BCUT2D eigenvalue weighted by atomic mass is 10.2. The van der Waals surface area contributed by atoms with E-state index in [1.165, 1.54) is 0 Å². The minimum atomic E-state index is -3.45. The molecule has 25 heavy (non-hydrogen) atoms. The Kier molecular flexibility index (Phi) is 7.87. The lowest BCUT2D eigenvalue weighted by Crippen LogP contribution is -2.31. The first kappa shape index (κ1) is 19.9. The predicted octanol–water partition coefficient (Wildman–Crippen LogP) is 3.01. The van der Waals surface area contributed by atoms with Gasteiger partial charge in [-0.2, -0.15) is 4.31 Å². The van der Waals surface area contributed by atoms with Crippen molar-refractivity contribution in [3.8, 4) is 0 Å². The Labute approximate surface area is 150 Å². The van der Waals surface area contributed by atoms with Crippen LogP contribution < -0.4 is 5.32 Å². The molecular weight excluding hydrogens is 340 g/mol. The number of benzene rings is 1. The molecule has 0 atom stereocenters. The molecule has 1 fully saturated rings. The van der Waals surface area contributed by atoms with E-state index in [1.807, 2.05) is 6.92 Å². The summed E-state index contributed by atoms with van der Waals surface area (Å²) >= 11 is 0. The molecule has 1 aromatic rings. The van der Waals surface area contributed by atoms with Crippen LogP contribution >= 0.6 is 0 Å². The third kappa shape index (κ3) is 6.09. The van der Waals surface area contributed by atoms with E-state index < -0.39 is 10.0 Å². The van der Waals surface area contributed by atoms with E-state index in [0.29, 0.717) is 44.8 Å². The molecular formula is C18H28N2O4S. The first-order valence-corrected chi connectivity index (χ1v) is 10.5. The molecule has 0 spiro atoms. The van der Waals surface area contributed by atoms with Crippen molar-refractivity contribution >= 4 is 21.6 Å². The zero-order valence-corrected chi connectivity index (χ0v) is 15.7. The summed E-state index contributed by atoms with van der Waals surface area (Å²) in [6.07, 6.45) is 5.04. The van der Waals surface area contributed by atoms with Gasteiger partial charge in [-0.05, 0) is 50.5 Å². The van der Waals surface area contributed by atoms with Gasteiger partial charge in [-0.1, -0.05) is 12.8 Å². The average Bonchev–Trinajstić information content (AvgIpc) is 2.89. The molecule has 0 aliphatic carbocycles. The highest BCUT2D eigenvalue weighted by Crippen LogP contribution is 2.21. The highest BCUT2D eigenvalue weighted by Gasteiger charge is 2.24. The second kappa shape index (κ2) is 9.89. The Morgan fingerprint density at radius 3 is 2.36 bits per heavy atom. The van der Waals surface area contributed by atoms with Gasteiger partial charge in [0.2, 0.25) is 15.9 Å². The van der Waals surface area contributed by atoms with E-state index in [-0.39, 0.29) is 10.8 Å². The number of nitrogens with zero attached hydrogens (tertiary/aromatic N) is 1. The fourth-order valence-electron chi connectivity index (χ4n) is 2.84. The van der Waals surface area contributed by atoms with Gasteiger partial charge in [0, 0.05) is 38.4 Å². The van der Waals surface area contributed by atoms with Crippen molar-refractivity contribution in [3.63, 3.8) is 0 Å². The largest absolute Gasteiger partial charge is 0.382 e. The van der Waals surface area contributed by atoms with Crippen LogP contribution in [0.2, 0.25) is 0 Å². The molecule has 0 radical (unpaired) electrons. The molecule has 0 saturated carbocycles. The molecule has 2 rings (SSSR count). The van der Waals surface area contributed by atoms with Crippen molar-refractivity contribution in [3.05, 3.63) is 24.3 Å². The average molecular weight is 368 g/mol. The van der Waals surface area contributed by atoms with Crippen molar-refractivity contribution < 1.29 is 17.9 Å². The summed E-state index contributed by atoms with van der Waals surface area (Å²) in [7, 11) is -3.45. The molecule has 1 amide bonds. The van der Waals surface area contributed by atoms with Gasteiger partial charge in [0.25, 0.3) is 0 Å². The summed E-state index contributed by atoms with van der Waals surface area (Å²) in [4.78, 5) is 12.1. The molecule has 7 heteroatoms. The van der Waals surface area contributed by atoms with Crippen molar-refractivity contribution in [1.82, 2.24) is 4.31 Å². The van der Waals surface area contributed by atoms with E-state index in [2.05, 4.69) is 5.32 Å². The van der Waals surface area contributed by atoms with Crippen LogP contribution in [0.3, 0.4) is 0 Å². The van der Waals surface area contributed by atoms with Gasteiger partial charge in [-0.25, -0.2) is 8.42 Å². The molecule has 140 valence electrons. The van der Waals surface area contributed by atoms with Crippen LogP contribution in [0.1, 0.15) is 45.4 Å². The fraction of sp³-hybridized carbons (Fsp3) is 0.611. The summed E-state index contributed by atoms with van der Waals surface area (Å²) in [5.41, 5.74) is 0.608. The Morgan fingerprint density at radius 1 is 1.12 bits per heavy atom. The van der Waals surface area contributed by atoms with Gasteiger partial charge in [-0.3, -0.25) is 4.79 Å². The lowest BCUT2D eigenvalue weighted by molar-refractivity contribution is -0.116. The number of hydrogen-bond acceptors (Lipinski definition) is 4. The standard InChI is InChI=1S/C18H28N2O4S/c1-2-24-15-7-8-18(21)19-16-9-11-17(12-10-16)25(22,23)20-13-5-3-4-6-14-20/h9-12H,2-8,13-15H2,1H3,(H,19,21). The lowest BCUT2D eigenvalue weighted by Gasteiger charge is -2.20. The molecule has 6 nitrogen and oxygen atoms in total. The summed E-state index contributed by atoms with van der Waals surface area (Å²) in [5, 5.41) is 2.78. The van der Waals surface area contributed by atoms with Crippen LogP contribution in [-0.2, 0) is 19.6 Å². The number of amides is 1.